The first-order valence-electron chi connectivity index (χ1n) is 4.68. The van der Waals surface area contributed by atoms with Crippen molar-refractivity contribution in [1.29, 1.82) is 5.26 Å². The number of hydrogen-bond donors (Lipinski definition) is 0. The zero-order valence-electron chi connectivity index (χ0n) is 9.13. The third-order valence-electron chi connectivity index (χ3n) is 2.22. The van der Waals surface area contributed by atoms with Crippen molar-refractivity contribution < 1.29 is 4.79 Å². The lowest BCUT2D eigenvalue weighted by Gasteiger charge is -2.08. The number of thioether (sulfide) groups is 1. The van der Waals surface area contributed by atoms with Gasteiger partial charge in [0.05, 0.1) is 5.75 Å². The molecule has 0 radical (unpaired) electrons. The molecule has 2 nitrogen and oxygen atoms in total. The predicted molar refractivity (Wildman–Crippen MR) is 63.1 cm³/mol. The monoisotopic (exact) mass is 219 g/mol. The Hall–Kier alpha value is -1.27. The average molecular weight is 219 g/mol. The van der Waals surface area contributed by atoms with Gasteiger partial charge in [0.2, 0.25) is 0 Å². The highest BCUT2D eigenvalue weighted by Gasteiger charge is 2.12. The zero-order chi connectivity index (χ0) is 11.4. The number of Topliss-reactive ketones (excluding diaryl/α,β-unsaturated/α-hetero) is 1. The molecular weight excluding hydrogens is 206 g/mol. The number of carbonyl (C=O) groups excluding carboxylic acids is 1. The van der Waals surface area contributed by atoms with E-state index >= 15 is 0 Å². The van der Waals surface area contributed by atoms with Gasteiger partial charge in [-0.2, -0.15) is 5.26 Å². The summed E-state index contributed by atoms with van der Waals surface area (Å²) in [4.78, 5) is 11.8. The normalized spacial score (nSPS) is 9.73. The minimum Gasteiger partial charge on any atom is -0.293 e. The largest absolute Gasteiger partial charge is 0.293 e. The lowest BCUT2D eigenvalue weighted by atomic mass is 9.97. The predicted octanol–water partition coefficient (Wildman–Crippen LogP) is 3.01. The van der Waals surface area contributed by atoms with Crippen LogP contribution in [0.3, 0.4) is 0 Å². The molecule has 0 atom stereocenters. The van der Waals surface area contributed by atoms with Gasteiger partial charge >= 0.3 is 0 Å². The minimum absolute atomic E-state index is 0.0385. The molecule has 0 heterocycles. The van der Waals surface area contributed by atoms with Crippen LogP contribution in [0.15, 0.2) is 12.1 Å². The van der Waals surface area contributed by atoms with Crippen LogP contribution in [-0.2, 0) is 0 Å². The van der Waals surface area contributed by atoms with Gasteiger partial charge in [0.25, 0.3) is 0 Å². The van der Waals surface area contributed by atoms with Crippen LogP contribution < -0.4 is 0 Å². The molecule has 0 amide bonds. The van der Waals surface area contributed by atoms with Crippen LogP contribution >= 0.6 is 11.8 Å². The molecule has 0 aliphatic heterocycles. The highest BCUT2D eigenvalue weighted by Crippen LogP contribution is 2.18. The molecule has 0 fully saturated rings. The maximum absolute atomic E-state index is 11.8. The van der Waals surface area contributed by atoms with E-state index < -0.39 is 0 Å². The second kappa shape index (κ2) is 4.99. The molecule has 15 heavy (non-hydrogen) atoms. The Bertz CT molecular complexity index is 409. The Balaban J connectivity index is 3.04. The SMILES string of the molecule is Cc1cc(C)c(C(=O)CSC#N)c(C)c1. The number of aryl methyl sites for hydroxylation is 3. The summed E-state index contributed by atoms with van der Waals surface area (Å²) in [6.07, 6.45) is 0. The second-order valence-electron chi connectivity index (χ2n) is 3.58. The molecule has 3 heteroatoms. The number of hydrogen-bond acceptors (Lipinski definition) is 3. The second-order valence-corrected chi connectivity index (χ2v) is 4.34. The molecule has 0 spiro atoms. The van der Waals surface area contributed by atoms with E-state index in [-0.39, 0.29) is 11.5 Å². The Kier molecular flexibility index (Phi) is 3.93. The Labute approximate surface area is 94.3 Å². The van der Waals surface area contributed by atoms with Gasteiger partial charge in [-0.25, -0.2) is 0 Å². The van der Waals surface area contributed by atoms with Gasteiger partial charge < -0.3 is 0 Å². The third-order valence-corrected chi connectivity index (χ3v) is 2.76. The first kappa shape index (κ1) is 11.8. The van der Waals surface area contributed by atoms with Crippen LogP contribution in [0.25, 0.3) is 0 Å². The first-order valence-corrected chi connectivity index (χ1v) is 5.66. The standard InChI is InChI=1S/C12H13NOS/c1-8-4-9(2)12(10(3)5-8)11(14)6-15-7-13/h4-5H,6H2,1-3H3. The van der Waals surface area contributed by atoms with Crippen molar-refractivity contribution in [2.24, 2.45) is 0 Å². The van der Waals surface area contributed by atoms with Crippen LogP contribution in [0.5, 0.6) is 0 Å². The highest BCUT2D eigenvalue weighted by molar-refractivity contribution is 8.04. The van der Waals surface area contributed by atoms with Gasteiger partial charge in [-0.15, -0.1) is 0 Å². The molecule has 1 aromatic rings. The minimum atomic E-state index is 0.0385. The van der Waals surface area contributed by atoms with E-state index in [2.05, 4.69) is 0 Å². The van der Waals surface area contributed by atoms with Crippen molar-refractivity contribution >= 4 is 17.5 Å². The maximum Gasteiger partial charge on any atom is 0.174 e. The lowest BCUT2D eigenvalue weighted by molar-refractivity contribution is 0.102. The Morgan fingerprint density at radius 2 is 1.87 bits per heavy atom. The van der Waals surface area contributed by atoms with E-state index in [0.717, 1.165) is 34.0 Å². The molecule has 1 rings (SSSR count). The molecule has 0 saturated heterocycles. The lowest BCUT2D eigenvalue weighted by Crippen LogP contribution is -2.07. The number of carbonyl (C=O) groups is 1. The van der Waals surface area contributed by atoms with Gasteiger partial charge in [-0.1, -0.05) is 17.7 Å². The van der Waals surface area contributed by atoms with Crippen LogP contribution in [0.4, 0.5) is 0 Å². The highest BCUT2D eigenvalue weighted by atomic mass is 32.2. The summed E-state index contributed by atoms with van der Waals surface area (Å²) in [7, 11) is 0. The summed E-state index contributed by atoms with van der Waals surface area (Å²) in [5.74, 6) is 0.276. The van der Waals surface area contributed by atoms with E-state index in [1.165, 1.54) is 0 Å². The van der Waals surface area contributed by atoms with E-state index in [0.29, 0.717) is 0 Å². The molecular formula is C12H13NOS. The van der Waals surface area contributed by atoms with E-state index in [1.807, 2.05) is 38.3 Å². The topological polar surface area (TPSA) is 40.9 Å². The fourth-order valence-electron chi connectivity index (χ4n) is 1.79. The molecule has 0 bridgehead atoms. The van der Waals surface area contributed by atoms with Crippen molar-refractivity contribution in [2.75, 3.05) is 5.75 Å². The molecule has 0 aliphatic carbocycles. The van der Waals surface area contributed by atoms with E-state index in [9.17, 15) is 4.79 Å². The van der Waals surface area contributed by atoms with Crippen LogP contribution in [0.2, 0.25) is 0 Å². The number of ketones is 1. The fraction of sp³-hybridized carbons (Fsp3) is 0.333. The first-order chi connectivity index (χ1) is 7.06. The Morgan fingerprint density at radius 1 is 1.33 bits per heavy atom. The fourth-order valence-corrected chi connectivity index (χ4v) is 2.13. The summed E-state index contributed by atoms with van der Waals surface area (Å²) in [6.45, 7) is 5.88. The molecule has 0 aromatic heterocycles. The molecule has 0 N–H and O–H groups in total. The van der Waals surface area contributed by atoms with E-state index in [1.54, 1.807) is 0 Å². The van der Waals surface area contributed by atoms with Crippen LogP contribution in [0, 0.1) is 31.4 Å². The van der Waals surface area contributed by atoms with Gasteiger partial charge in [-0.3, -0.25) is 4.79 Å². The molecule has 78 valence electrons. The van der Waals surface area contributed by atoms with Gasteiger partial charge in [0.15, 0.2) is 5.78 Å². The van der Waals surface area contributed by atoms with Gasteiger partial charge in [0, 0.05) is 5.56 Å². The van der Waals surface area contributed by atoms with Crippen molar-refractivity contribution in [3.05, 3.63) is 34.4 Å². The number of nitriles is 1. The van der Waals surface area contributed by atoms with Crippen LogP contribution in [-0.4, -0.2) is 11.5 Å². The average Bonchev–Trinajstić information content (AvgIpc) is 2.12. The molecule has 1 aromatic carbocycles. The summed E-state index contributed by atoms with van der Waals surface area (Å²) < 4.78 is 0. The van der Waals surface area contributed by atoms with Gasteiger partial charge in [-0.05, 0) is 43.7 Å². The molecule has 0 saturated carbocycles. The van der Waals surface area contributed by atoms with Crippen molar-refractivity contribution in [3.8, 4) is 5.40 Å². The smallest absolute Gasteiger partial charge is 0.174 e. The number of nitrogens with zero attached hydrogens (tertiary/aromatic N) is 1. The van der Waals surface area contributed by atoms with Crippen molar-refractivity contribution in [1.82, 2.24) is 0 Å². The molecule has 0 unspecified atom stereocenters. The quantitative estimate of drug-likeness (QED) is 0.579. The number of thiocyanates is 1. The summed E-state index contributed by atoms with van der Waals surface area (Å²) in [5.41, 5.74) is 3.92. The number of benzene rings is 1. The van der Waals surface area contributed by atoms with Crippen molar-refractivity contribution in [2.45, 2.75) is 20.8 Å². The third kappa shape index (κ3) is 2.84. The summed E-state index contributed by atoms with van der Waals surface area (Å²) >= 11 is 0.989. The summed E-state index contributed by atoms with van der Waals surface area (Å²) in [5, 5.41) is 10.3. The van der Waals surface area contributed by atoms with Gasteiger partial charge in [0.1, 0.15) is 5.40 Å². The van der Waals surface area contributed by atoms with E-state index in [4.69, 9.17) is 5.26 Å². The maximum atomic E-state index is 11.8. The number of rotatable bonds is 3. The van der Waals surface area contributed by atoms with Crippen LogP contribution in [0.1, 0.15) is 27.0 Å². The van der Waals surface area contributed by atoms with Crippen molar-refractivity contribution in [3.63, 3.8) is 0 Å². The Morgan fingerprint density at radius 3 is 2.33 bits per heavy atom. The summed E-state index contributed by atoms with van der Waals surface area (Å²) in [6, 6.07) is 3.99. The molecule has 0 aliphatic rings. The zero-order valence-corrected chi connectivity index (χ0v) is 9.94.